The lowest BCUT2D eigenvalue weighted by Gasteiger charge is -2.41. The number of ether oxygens (including phenoxy) is 8. The number of pyridine rings is 3. The van der Waals surface area contributed by atoms with E-state index in [1.807, 2.05) is 110 Å². The number of amides is 2. The van der Waals surface area contributed by atoms with Gasteiger partial charge in [0.25, 0.3) is 0 Å². The molecular weight excluding hydrogens is 864 g/mol. The molecule has 0 aromatic carbocycles. The maximum atomic E-state index is 12.3. The van der Waals surface area contributed by atoms with Gasteiger partial charge in [0.05, 0.1) is 30.2 Å². The number of carbonyl (C=O) groups excluding carboxylic acids is 2. The first-order valence-electron chi connectivity index (χ1n) is 21.4. The third-order valence-electron chi connectivity index (χ3n) is 11.7. The molecular formula is C45H61BrN6O10. The van der Waals surface area contributed by atoms with Crippen LogP contribution in [0.15, 0.2) is 59.2 Å². The molecule has 6 aliphatic heterocycles. The van der Waals surface area contributed by atoms with Gasteiger partial charge in [-0.05, 0) is 121 Å². The van der Waals surface area contributed by atoms with E-state index < -0.39 is 22.4 Å². The molecule has 2 amide bonds. The highest BCUT2D eigenvalue weighted by Gasteiger charge is 2.54. The number of hydrogen-bond donors (Lipinski definition) is 1. The second kappa shape index (κ2) is 18.7. The Kier molecular flexibility index (Phi) is 14.0. The molecule has 6 saturated heterocycles. The quantitative estimate of drug-likeness (QED) is 0.279. The van der Waals surface area contributed by atoms with Crippen molar-refractivity contribution in [2.24, 2.45) is 0 Å². The van der Waals surface area contributed by atoms with Crippen LogP contribution in [0.5, 0.6) is 0 Å². The summed E-state index contributed by atoms with van der Waals surface area (Å²) < 4.78 is 46.5. The zero-order valence-electron chi connectivity index (χ0n) is 37.1. The van der Waals surface area contributed by atoms with Crippen molar-refractivity contribution in [3.05, 3.63) is 87.7 Å². The number of rotatable bonds is 3. The van der Waals surface area contributed by atoms with E-state index in [1.54, 1.807) is 9.80 Å². The van der Waals surface area contributed by atoms with Crippen molar-refractivity contribution < 1.29 is 47.5 Å². The molecule has 3 aromatic heterocycles. The van der Waals surface area contributed by atoms with Gasteiger partial charge in [0.2, 0.25) is 0 Å². The molecule has 0 saturated carbocycles. The number of aromatic nitrogens is 3. The molecule has 0 spiro atoms. The monoisotopic (exact) mass is 924 g/mol. The normalized spacial score (nSPS) is 29.2. The predicted octanol–water partition coefficient (Wildman–Crippen LogP) is 6.60. The lowest BCUT2D eigenvalue weighted by Crippen LogP contribution is -2.54. The Hall–Kier alpha value is -3.81. The molecule has 16 nitrogen and oxygen atoms in total. The summed E-state index contributed by atoms with van der Waals surface area (Å²) in [5.74, 6) is 0. The first kappa shape index (κ1) is 46.2. The average Bonchev–Trinajstić information content (AvgIpc) is 3.98. The summed E-state index contributed by atoms with van der Waals surface area (Å²) in [5.41, 5.74) is 2.20. The molecule has 3 aromatic rings. The summed E-state index contributed by atoms with van der Waals surface area (Å²) in [6.45, 7) is 19.7. The van der Waals surface area contributed by atoms with Crippen molar-refractivity contribution in [3.63, 3.8) is 0 Å². The van der Waals surface area contributed by atoms with E-state index in [9.17, 15) is 9.59 Å². The number of aryl methyl sites for hydroxylation is 2. The molecule has 6 aliphatic rings. The second-order valence-corrected chi connectivity index (χ2v) is 19.2. The Morgan fingerprint density at radius 2 is 1.06 bits per heavy atom. The minimum Gasteiger partial charge on any atom is -0.444 e. The van der Waals surface area contributed by atoms with Gasteiger partial charge in [-0.3, -0.25) is 9.97 Å². The van der Waals surface area contributed by atoms with Crippen LogP contribution in [0, 0.1) is 13.8 Å². The van der Waals surface area contributed by atoms with Crippen LogP contribution in [0.3, 0.4) is 0 Å². The molecule has 338 valence electrons. The van der Waals surface area contributed by atoms with Gasteiger partial charge >= 0.3 is 12.2 Å². The maximum absolute atomic E-state index is 12.3. The lowest BCUT2D eigenvalue weighted by atomic mass is 9.85. The van der Waals surface area contributed by atoms with Crippen LogP contribution < -0.4 is 5.32 Å². The highest BCUT2D eigenvalue weighted by atomic mass is 79.9. The molecule has 6 fully saturated rings. The van der Waals surface area contributed by atoms with Crippen LogP contribution in [-0.4, -0.2) is 126 Å². The van der Waals surface area contributed by atoms with E-state index in [0.29, 0.717) is 45.8 Å². The van der Waals surface area contributed by atoms with Gasteiger partial charge in [-0.1, -0.05) is 18.2 Å². The third-order valence-corrected chi connectivity index (χ3v) is 12.1. The van der Waals surface area contributed by atoms with Crippen molar-refractivity contribution in [3.8, 4) is 0 Å². The van der Waals surface area contributed by atoms with Crippen molar-refractivity contribution in [1.29, 1.82) is 0 Å². The summed E-state index contributed by atoms with van der Waals surface area (Å²) in [6.07, 6.45) is 1.20. The zero-order chi connectivity index (χ0) is 44.3. The van der Waals surface area contributed by atoms with Gasteiger partial charge in [0.1, 0.15) is 71.3 Å². The van der Waals surface area contributed by atoms with Crippen molar-refractivity contribution in [1.82, 2.24) is 30.1 Å². The number of piperidine rings is 3. The van der Waals surface area contributed by atoms with E-state index >= 15 is 0 Å². The number of fused-ring (bicyclic) bond motifs is 3. The summed E-state index contributed by atoms with van der Waals surface area (Å²) in [5, 5.41) is 3.33. The summed E-state index contributed by atoms with van der Waals surface area (Å²) in [6, 6.07) is 17.7. The Morgan fingerprint density at radius 1 is 0.645 bits per heavy atom. The Morgan fingerprint density at radius 3 is 1.50 bits per heavy atom. The van der Waals surface area contributed by atoms with E-state index in [4.69, 9.17) is 37.9 Å². The Bertz CT molecular complexity index is 1940. The van der Waals surface area contributed by atoms with Crippen molar-refractivity contribution in [2.75, 3.05) is 59.6 Å². The van der Waals surface area contributed by atoms with Crippen LogP contribution in [-0.2, 0) is 54.7 Å². The molecule has 62 heavy (non-hydrogen) atoms. The maximum Gasteiger partial charge on any atom is 0.410 e. The van der Waals surface area contributed by atoms with Crippen LogP contribution in [0.4, 0.5) is 9.59 Å². The fourth-order valence-corrected chi connectivity index (χ4v) is 8.99. The number of hydrogen-bond acceptors (Lipinski definition) is 14. The topological polar surface area (TPSA) is 165 Å². The minimum atomic E-state index is -0.595. The van der Waals surface area contributed by atoms with Crippen LogP contribution in [0.1, 0.15) is 89.3 Å². The van der Waals surface area contributed by atoms with E-state index in [0.717, 1.165) is 52.6 Å². The van der Waals surface area contributed by atoms with Crippen LogP contribution >= 0.6 is 15.9 Å². The third kappa shape index (κ3) is 10.3. The standard InChI is InChI=1S/C17H24N2O4.C16H21BrN2O4.C12H16N2O2/c1-12-6-5-7-13(18-12)17-8-9-19(10-14(17)21-11-22-17)15(20)23-16(2,3)4;1-15(2,3)23-14(20)19-8-7-16(12(9-19)21-10-22-16)11-5-4-6-13(17)18-11;1-9-3-2-4-10(14-9)12-5-6-13-7-11(12)15-8-16-12/h5-7,14H,8-11H2,1-4H3;4-6,12H,7-10H2,1-3H3;2-4,11,13H,5-8H2,1H3/t14-,17-;12-,16-;11-,12-/m111/s1. The molecule has 9 rings (SSSR count). The van der Waals surface area contributed by atoms with Crippen molar-refractivity contribution >= 4 is 28.1 Å². The highest BCUT2D eigenvalue weighted by Crippen LogP contribution is 2.44. The summed E-state index contributed by atoms with van der Waals surface area (Å²) in [4.78, 5) is 41.7. The zero-order valence-corrected chi connectivity index (χ0v) is 38.7. The molecule has 0 unspecified atom stereocenters. The lowest BCUT2D eigenvalue weighted by molar-refractivity contribution is -0.0568. The van der Waals surface area contributed by atoms with E-state index in [1.165, 1.54) is 0 Å². The number of halogens is 1. The van der Waals surface area contributed by atoms with Crippen molar-refractivity contribution in [2.45, 2.75) is 121 Å². The molecule has 0 bridgehead atoms. The van der Waals surface area contributed by atoms with Gasteiger partial charge in [0.15, 0.2) is 0 Å². The summed E-state index contributed by atoms with van der Waals surface area (Å²) >= 11 is 3.40. The number of carbonyl (C=O) groups is 2. The molecule has 17 heteroatoms. The van der Waals surface area contributed by atoms with Crippen LogP contribution in [0.25, 0.3) is 0 Å². The SMILES string of the molecule is CC(C)(C)OC(=O)N1CC[C@]2(c3cccc(Br)n3)OCO[C@@H]2C1.Cc1cccc([C@]23CCN(C(=O)OC(C)(C)C)C[C@H]2OCO3)n1.Cc1cccc([C@]23CCNC[C@H]2OCO3)n1. The molecule has 1 N–H and O–H groups in total. The summed E-state index contributed by atoms with van der Waals surface area (Å²) in [7, 11) is 0. The molecule has 6 atom stereocenters. The largest absolute Gasteiger partial charge is 0.444 e. The first-order chi connectivity index (χ1) is 29.4. The predicted molar refractivity (Wildman–Crippen MR) is 230 cm³/mol. The Balaban J connectivity index is 0.000000142. The van der Waals surface area contributed by atoms with Crippen LogP contribution in [0.2, 0.25) is 0 Å². The Labute approximate surface area is 372 Å². The van der Waals surface area contributed by atoms with Gasteiger partial charge in [-0.2, -0.15) is 0 Å². The molecule has 0 aliphatic carbocycles. The fraction of sp³-hybridized carbons (Fsp3) is 0.622. The number of nitrogens with one attached hydrogen (secondary N) is 1. The minimum absolute atomic E-state index is 0.0931. The van der Waals surface area contributed by atoms with E-state index in [2.05, 4.69) is 36.2 Å². The van der Waals surface area contributed by atoms with Gasteiger partial charge < -0.3 is 53.0 Å². The second-order valence-electron chi connectivity index (χ2n) is 18.4. The van der Waals surface area contributed by atoms with E-state index in [-0.39, 0.29) is 49.7 Å². The average molecular weight is 926 g/mol. The molecule has 0 radical (unpaired) electrons. The molecule has 9 heterocycles. The first-order valence-corrected chi connectivity index (χ1v) is 22.2. The van der Waals surface area contributed by atoms with Gasteiger partial charge in [-0.25, -0.2) is 14.6 Å². The number of likely N-dealkylation sites (tertiary alicyclic amines) is 2. The highest BCUT2D eigenvalue weighted by molar-refractivity contribution is 9.10. The smallest absolute Gasteiger partial charge is 0.410 e. The number of nitrogens with zero attached hydrogens (tertiary/aromatic N) is 5. The van der Waals surface area contributed by atoms with Gasteiger partial charge in [-0.15, -0.1) is 0 Å². The fourth-order valence-electron chi connectivity index (χ4n) is 8.65. The van der Waals surface area contributed by atoms with Gasteiger partial charge in [0, 0.05) is 43.9 Å².